The molecular weight excluding hydrogens is 311 g/mol. The molecule has 2 aromatic heterocycles. The third-order valence-electron chi connectivity index (χ3n) is 3.21. The third-order valence-corrected chi connectivity index (χ3v) is 3.21. The first kappa shape index (κ1) is 17.0. The fraction of sp³-hybridized carbons (Fsp3) is 0.500. The van der Waals surface area contributed by atoms with Crippen molar-refractivity contribution >= 4 is 5.91 Å². The summed E-state index contributed by atoms with van der Waals surface area (Å²) in [6, 6.07) is 2.81. The van der Waals surface area contributed by atoms with E-state index in [-0.39, 0.29) is 12.5 Å². The highest BCUT2D eigenvalue weighted by atomic mass is 19.4. The number of rotatable bonds is 6. The van der Waals surface area contributed by atoms with E-state index in [2.05, 4.69) is 15.5 Å². The topological polar surface area (TPSA) is 64.7 Å². The van der Waals surface area contributed by atoms with Crippen LogP contribution in [-0.4, -0.2) is 32.0 Å². The first-order valence-corrected chi connectivity index (χ1v) is 7.14. The van der Waals surface area contributed by atoms with E-state index in [4.69, 9.17) is 0 Å². The molecule has 0 aliphatic rings. The fourth-order valence-electron chi connectivity index (χ4n) is 2.16. The number of nitrogens with one attached hydrogen (secondary N) is 1. The van der Waals surface area contributed by atoms with Crippen LogP contribution in [0.2, 0.25) is 0 Å². The lowest BCUT2D eigenvalue weighted by molar-refractivity contribution is -0.141. The molecule has 6 nitrogen and oxygen atoms in total. The van der Waals surface area contributed by atoms with Crippen molar-refractivity contribution in [3.63, 3.8) is 0 Å². The zero-order valence-corrected chi connectivity index (χ0v) is 12.9. The second-order valence-corrected chi connectivity index (χ2v) is 5.25. The number of carbonyl (C=O) groups excluding carboxylic acids is 1. The molecule has 23 heavy (non-hydrogen) atoms. The molecule has 0 aromatic carbocycles. The molecule has 0 spiro atoms. The number of hydrogen-bond donors (Lipinski definition) is 1. The predicted molar refractivity (Wildman–Crippen MR) is 76.6 cm³/mol. The molecule has 0 bridgehead atoms. The SMILES string of the molecule is Cc1cc(C)n(CCCNC(=O)Cn2ccc(C(F)(F)F)n2)n1. The number of nitrogens with zero attached hydrogens (tertiary/aromatic N) is 4. The largest absolute Gasteiger partial charge is 0.435 e. The van der Waals surface area contributed by atoms with E-state index in [0.29, 0.717) is 19.5 Å². The van der Waals surface area contributed by atoms with E-state index in [1.165, 1.54) is 0 Å². The summed E-state index contributed by atoms with van der Waals surface area (Å²) >= 11 is 0. The molecule has 1 N–H and O–H groups in total. The van der Waals surface area contributed by atoms with Gasteiger partial charge < -0.3 is 5.32 Å². The van der Waals surface area contributed by atoms with E-state index < -0.39 is 11.9 Å². The normalized spacial score (nSPS) is 11.7. The Morgan fingerprint density at radius 1 is 1.30 bits per heavy atom. The molecule has 0 saturated heterocycles. The molecule has 0 saturated carbocycles. The molecule has 2 rings (SSSR count). The van der Waals surface area contributed by atoms with Crippen LogP contribution in [0.1, 0.15) is 23.5 Å². The van der Waals surface area contributed by atoms with Gasteiger partial charge in [-0.2, -0.15) is 23.4 Å². The van der Waals surface area contributed by atoms with E-state index in [1.54, 1.807) is 0 Å². The highest BCUT2D eigenvalue weighted by Gasteiger charge is 2.33. The molecule has 126 valence electrons. The van der Waals surface area contributed by atoms with Crippen LogP contribution < -0.4 is 5.32 Å². The minimum Gasteiger partial charge on any atom is -0.354 e. The minimum absolute atomic E-state index is 0.240. The summed E-state index contributed by atoms with van der Waals surface area (Å²) in [6.07, 6.45) is -2.68. The van der Waals surface area contributed by atoms with Crippen molar-refractivity contribution in [1.29, 1.82) is 0 Å². The van der Waals surface area contributed by atoms with Crippen molar-refractivity contribution in [2.75, 3.05) is 6.54 Å². The zero-order chi connectivity index (χ0) is 17.0. The Morgan fingerprint density at radius 3 is 2.61 bits per heavy atom. The van der Waals surface area contributed by atoms with Crippen LogP contribution in [0.4, 0.5) is 13.2 Å². The number of amides is 1. The number of halogens is 3. The minimum atomic E-state index is -4.50. The van der Waals surface area contributed by atoms with E-state index in [0.717, 1.165) is 28.3 Å². The van der Waals surface area contributed by atoms with Crippen molar-refractivity contribution in [3.8, 4) is 0 Å². The van der Waals surface area contributed by atoms with Crippen LogP contribution in [0.5, 0.6) is 0 Å². The average Bonchev–Trinajstić information content (AvgIpc) is 3.01. The van der Waals surface area contributed by atoms with Gasteiger partial charge in [0, 0.05) is 25.0 Å². The van der Waals surface area contributed by atoms with Crippen LogP contribution in [0.25, 0.3) is 0 Å². The number of alkyl halides is 3. The summed E-state index contributed by atoms with van der Waals surface area (Å²) in [5.41, 5.74) is 0.977. The quantitative estimate of drug-likeness (QED) is 0.824. The fourth-order valence-corrected chi connectivity index (χ4v) is 2.16. The van der Waals surface area contributed by atoms with Gasteiger partial charge in [-0.15, -0.1) is 0 Å². The lowest BCUT2D eigenvalue weighted by atomic mass is 10.4. The standard InChI is InChI=1S/C14H18F3N5O/c1-10-8-11(2)22(19-10)6-3-5-18-13(23)9-21-7-4-12(20-21)14(15,16)17/h4,7-8H,3,5-6,9H2,1-2H3,(H,18,23). The smallest absolute Gasteiger partial charge is 0.354 e. The van der Waals surface area contributed by atoms with Gasteiger partial charge in [0.05, 0.1) is 5.69 Å². The second-order valence-electron chi connectivity index (χ2n) is 5.25. The zero-order valence-electron chi connectivity index (χ0n) is 12.9. The Bertz CT molecular complexity index is 674. The maximum atomic E-state index is 12.4. The molecule has 0 aliphatic carbocycles. The second kappa shape index (κ2) is 6.84. The van der Waals surface area contributed by atoms with Gasteiger partial charge in [-0.25, -0.2) is 0 Å². The van der Waals surface area contributed by atoms with Crippen molar-refractivity contribution < 1.29 is 18.0 Å². The predicted octanol–water partition coefficient (Wildman–Crippen LogP) is 1.92. The van der Waals surface area contributed by atoms with Crippen LogP contribution in [-0.2, 0) is 24.1 Å². The van der Waals surface area contributed by atoms with Gasteiger partial charge >= 0.3 is 6.18 Å². The maximum Gasteiger partial charge on any atom is 0.435 e. The van der Waals surface area contributed by atoms with Gasteiger partial charge in [0.2, 0.25) is 5.91 Å². The van der Waals surface area contributed by atoms with Crippen LogP contribution in [0.3, 0.4) is 0 Å². The molecule has 0 unspecified atom stereocenters. The Balaban J connectivity index is 1.73. The van der Waals surface area contributed by atoms with E-state index in [1.807, 2.05) is 24.6 Å². The molecule has 9 heteroatoms. The monoisotopic (exact) mass is 329 g/mol. The maximum absolute atomic E-state index is 12.4. The summed E-state index contributed by atoms with van der Waals surface area (Å²) in [5, 5.41) is 10.3. The Labute approximate surface area is 131 Å². The van der Waals surface area contributed by atoms with Gasteiger partial charge in [-0.1, -0.05) is 0 Å². The molecule has 2 aromatic rings. The summed E-state index contributed by atoms with van der Waals surface area (Å²) in [6.45, 7) is 4.71. The van der Waals surface area contributed by atoms with Gasteiger partial charge in [-0.05, 0) is 32.4 Å². The average molecular weight is 329 g/mol. The van der Waals surface area contributed by atoms with Gasteiger partial charge in [-0.3, -0.25) is 14.2 Å². The first-order chi connectivity index (χ1) is 10.8. The lowest BCUT2D eigenvalue weighted by Gasteiger charge is -2.07. The van der Waals surface area contributed by atoms with Crippen molar-refractivity contribution in [2.45, 2.75) is 39.5 Å². The molecule has 1 amide bonds. The number of aromatic nitrogens is 4. The molecule has 0 aliphatic heterocycles. The summed E-state index contributed by atoms with van der Waals surface area (Å²) in [4.78, 5) is 11.7. The third kappa shape index (κ3) is 4.83. The van der Waals surface area contributed by atoms with Gasteiger partial charge in [0.25, 0.3) is 0 Å². The van der Waals surface area contributed by atoms with Crippen molar-refractivity contribution in [1.82, 2.24) is 24.9 Å². The summed E-state index contributed by atoms with van der Waals surface area (Å²) in [7, 11) is 0. The lowest BCUT2D eigenvalue weighted by Crippen LogP contribution is -2.29. The van der Waals surface area contributed by atoms with Crippen molar-refractivity contribution in [3.05, 3.63) is 35.4 Å². The van der Waals surface area contributed by atoms with Crippen LogP contribution >= 0.6 is 0 Å². The Morgan fingerprint density at radius 2 is 2.04 bits per heavy atom. The highest BCUT2D eigenvalue weighted by molar-refractivity contribution is 5.75. The highest BCUT2D eigenvalue weighted by Crippen LogP contribution is 2.27. The van der Waals surface area contributed by atoms with Gasteiger partial charge in [0.1, 0.15) is 6.54 Å². The van der Waals surface area contributed by atoms with Crippen LogP contribution in [0, 0.1) is 13.8 Å². The van der Waals surface area contributed by atoms with E-state index >= 15 is 0 Å². The number of hydrogen-bond acceptors (Lipinski definition) is 3. The molecular formula is C14H18F3N5O. The number of carbonyl (C=O) groups is 1. The summed E-state index contributed by atoms with van der Waals surface area (Å²) in [5.74, 6) is -0.379. The van der Waals surface area contributed by atoms with E-state index in [9.17, 15) is 18.0 Å². The Hall–Kier alpha value is -2.32. The summed E-state index contributed by atoms with van der Waals surface area (Å²) < 4.78 is 40.0. The molecule has 0 fully saturated rings. The van der Waals surface area contributed by atoms with Crippen molar-refractivity contribution in [2.24, 2.45) is 0 Å². The van der Waals surface area contributed by atoms with Crippen LogP contribution in [0.15, 0.2) is 18.3 Å². The molecule has 0 atom stereocenters. The molecule has 2 heterocycles. The van der Waals surface area contributed by atoms with Gasteiger partial charge in [0.15, 0.2) is 5.69 Å². The Kier molecular flexibility index (Phi) is 5.07. The molecule has 0 radical (unpaired) electrons. The number of aryl methyl sites for hydroxylation is 3. The first-order valence-electron chi connectivity index (χ1n) is 7.14.